The Balaban J connectivity index is 4.99. The summed E-state index contributed by atoms with van der Waals surface area (Å²) >= 11 is 0. The first-order valence-electron chi connectivity index (χ1n) is 6.25. The third-order valence-electron chi connectivity index (χ3n) is 2.72. The van der Waals surface area contributed by atoms with Crippen molar-refractivity contribution in [2.75, 3.05) is 13.1 Å². The molecule has 116 valence electrons. The lowest BCUT2D eigenvalue weighted by molar-refractivity contribution is -0.138. The Morgan fingerprint density at radius 1 is 1.00 bits per heavy atom. The molecule has 0 fully saturated rings. The van der Waals surface area contributed by atoms with E-state index in [1.807, 2.05) is 0 Å². The highest BCUT2D eigenvalue weighted by molar-refractivity contribution is 5.97. The van der Waals surface area contributed by atoms with Gasteiger partial charge in [-0.15, -0.1) is 0 Å². The van der Waals surface area contributed by atoms with Gasteiger partial charge in [-0.2, -0.15) is 0 Å². The van der Waals surface area contributed by atoms with Crippen molar-refractivity contribution in [2.45, 2.75) is 26.1 Å². The zero-order valence-electron chi connectivity index (χ0n) is 12.3. The van der Waals surface area contributed by atoms with E-state index in [0.29, 0.717) is 0 Å². The first-order valence-corrected chi connectivity index (χ1v) is 6.25. The van der Waals surface area contributed by atoms with E-state index < -0.39 is 42.8 Å². The number of hydrogen-bond donors (Lipinski definition) is 2. The van der Waals surface area contributed by atoms with Gasteiger partial charge >= 0.3 is 0 Å². The van der Waals surface area contributed by atoms with Crippen molar-refractivity contribution < 1.29 is 24.6 Å². The van der Waals surface area contributed by atoms with Crippen LogP contribution in [-0.2, 0) is 14.4 Å². The van der Waals surface area contributed by atoms with Gasteiger partial charge in [0.15, 0.2) is 11.6 Å². The molecule has 21 heavy (non-hydrogen) atoms. The smallest absolute Gasteiger partial charge is 0.246 e. The average Bonchev–Trinajstić information content (AvgIpc) is 2.43. The van der Waals surface area contributed by atoms with E-state index in [9.17, 15) is 24.6 Å². The van der Waals surface area contributed by atoms with Crippen LogP contribution in [0.2, 0.25) is 0 Å². The van der Waals surface area contributed by atoms with E-state index in [4.69, 9.17) is 0 Å². The summed E-state index contributed by atoms with van der Waals surface area (Å²) in [5.41, 5.74) is 0.471. The Kier molecular flexibility index (Phi) is 7.48. The number of Topliss-reactive ketones (excluding diaryl/α,β-unsaturated/α-hetero) is 2. The number of aliphatic hydroxyl groups excluding tert-OH is 2. The van der Waals surface area contributed by atoms with Crippen LogP contribution in [0.5, 0.6) is 0 Å². The molecule has 0 aliphatic carbocycles. The van der Waals surface area contributed by atoms with Crippen molar-refractivity contribution >= 4 is 17.5 Å². The summed E-state index contributed by atoms with van der Waals surface area (Å²) in [6.45, 7) is 12.2. The molecule has 0 aromatic heterocycles. The Morgan fingerprint density at radius 2 is 1.33 bits per heavy atom. The van der Waals surface area contributed by atoms with Gasteiger partial charge in [-0.05, 0) is 31.1 Å². The van der Waals surface area contributed by atoms with Crippen LogP contribution in [-0.4, -0.2) is 57.9 Å². The van der Waals surface area contributed by atoms with Crippen LogP contribution >= 0.6 is 0 Å². The maximum Gasteiger partial charge on any atom is 0.246 e. The van der Waals surface area contributed by atoms with Crippen LogP contribution in [0.1, 0.15) is 13.8 Å². The van der Waals surface area contributed by atoms with Crippen LogP contribution in [0.3, 0.4) is 0 Å². The number of nitrogens with zero attached hydrogens (tertiary/aromatic N) is 1. The van der Waals surface area contributed by atoms with Gasteiger partial charge in [-0.1, -0.05) is 19.7 Å². The summed E-state index contributed by atoms with van der Waals surface area (Å²) in [7, 11) is 0. The fourth-order valence-electron chi connectivity index (χ4n) is 1.44. The van der Waals surface area contributed by atoms with Crippen molar-refractivity contribution in [1.29, 1.82) is 0 Å². The van der Waals surface area contributed by atoms with Crippen LogP contribution in [0.25, 0.3) is 0 Å². The second-order valence-corrected chi connectivity index (χ2v) is 4.83. The zero-order valence-corrected chi connectivity index (χ0v) is 12.3. The molecule has 2 unspecified atom stereocenters. The normalized spacial score (nSPS) is 13.0. The van der Waals surface area contributed by atoms with Gasteiger partial charge < -0.3 is 15.1 Å². The van der Waals surface area contributed by atoms with E-state index in [1.165, 1.54) is 13.8 Å². The van der Waals surface area contributed by atoms with E-state index in [1.54, 1.807) is 0 Å². The minimum absolute atomic E-state index is 0.235. The molecule has 6 nitrogen and oxygen atoms in total. The lowest BCUT2D eigenvalue weighted by Gasteiger charge is -2.22. The van der Waals surface area contributed by atoms with Gasteiger partial charge in [0, 0.05) is 0 Å². The van der Waals surface area contributed by atoms with Gasteiger partial charge in [-0.25, -0.2) is 0 Å². The molecule has 2 N–H and O–H groups in total. The Morgan fingerprint density at radius 3 is 1.57 bits per heavy atom. The van der Waals surface area contributed by atoms with Gasteiger partial charge in [0.05, 0.1) is 13.1 Å². The molecular formula is C15H21NO5. The van der Waals surface area contributed by atoms with Crippen LogP contribution in [0.15, 0.2) is 37.0 Å². The molecule has 6 heteroatoms. The van der Waals surface area contributed by atoms with E-state index in [2.05, 4.69) is 19.7 Å². The summed E-state index contributed by atoms with van der Waals surface area (Å²) < 4.78 is 0. The third-order valence-corrected chi connectivity index (χ3v) is 2.72. The minimum Gasteiger partial charge on any atom is -0.381 e. The summed E-state index contributed by atoms with van der Waals surface area (Å²) in [5, 5.41) is 19.1. The molecule has 0 saturated carbocycles. The Labute approximate surface area is 124 Å². The number of amides is 1. The molecule has 0 heterocycles. The Bertz CT molecular complexity index is 446. The highest BCUT2D eigenvalue weighted by Gasteiger charge is 2.25. The third kappa shape index (κ3) is 5.85. The number of hydrogen-bond acceptors (Lipinski definition) is 5. The fraction of sp³-hybridized carbons (Fsp3) is 0.400. The molecule has 0 saturated heterocycles. The molecule has 0 radical (unpaired) electrons. The highest BCUT2D eigenvalue weighted by Crippen LogP contribution is 2.05. The molecule has 0 bridgehead atoms. The molecule has 0 spiro atoms. The van der Waals surface area contributed by atoms with Crippen LogP contribution < -0.4 is 0 Å². The lowest BCUT2D eigenvalue weighted by Crippen LogP contribution is -2.44. The molecule has 0 aromatic rings. The lowest BCUT2D eigenvalue weighted by atomic mass is 10.1. The summed E-state index contributed by atoms with van der Waals surface area (Å²) in [5.74, 6) is -2.00. The number of rotatable bonds is 9. The fourth-order valence-corrected chi connectivity index (χ4v) is 1.44. The van der Waals surface area contributed by atoms with E-state index in [-0.39, 0.29) is 11.1 Å². The van der Waals surface area contributed by atoms with Gasteiger partial charge in [0.25, 0.3) is 0 Å². The minimum atomic E-state index is -1.41. The Hall–Kier alpha value is -2.05. The van der Waals surface area contributed by atoms with Gasteiger partial charge in [0.2, 0.25) is 5.91 Å². The van der Waals surface area contributed by atoms with E-state index >= 15 is 0 Å². The van der Waals surface area contributed by atoms with Crippen molar-refractivity contribution in [3.05, 3.63) is 37.0 Å². The maximum atomic E-state index is 11.8. The second kappa shape index (κ2) is 8.28. The molecule has 2 atom stereocenters. The quantitative estimate of drug-likeness (QED) is 0.461. The van der Waals surface area contributed by atoms with Crippen LogP contribution in [0.4, 0.5) is 0 Å². The first kappa shape index (κ1) is 18.9. The summed E-state index contributed by atoms with van der Waals surface area (Å²) in [6.07, 6.45) is -1.88. The first-order chi connectivity index (χ1) is 9.61. The predicted octanol–water partition coefficient (Wildman–Crippen LogP) is 0.0132. The molecule has 1 amide bonds. The number of carbonyl (C=O) groups is 3. The van der Waals surface area contributed by atoms with E-state index in [0.717, 1.165) is 11.0 Å². The second-order valence-electron chi connectivity index (χ2n) is 4.83. The monoisotopic (exact) mass is 295 g/mol. The molecule has 0 aliphatic rings. The van der Waals surface area contributed by atoms with Crippen molar-refractivity contribution in [3.8, 4) is 0 Å². The zero-order chi connectivity index (χ0) is 16.7. The average molecular weight is 295 g/mol. The number of ketones is 2. The molecule has 0 aromatic carbocycles. The van der Waals surface area contributed by atoms with Gasteiger partial charge in [0.1, 0.15) is 12.2 Å². The van der Waals surface area contributed by atoms with Crippen molar-refractivity contribution in [2.24, 2.45) is 0 Å². The molecule has 0 aliphatic heterocycles. The SMILES string of the molecule is C=CC(=O)N(CC(=O)C(O)C(=C)C)CC(=O)C(O)C(=C)C. The predicted molar refractivity (Wildman–Crippen MR) is 78.4 cm³/mol. The van der Waals surface area contributed by atoms with Crippen LogP contribution in [0, 0.1) is 0 Å². The summed E-state index contributed by atoms with van der Waals surface area (Å²) in [6, 6.07) is 0. The topological polar surface area (TPSA) is 94.9 Å². The molecular weight excluding hydrogens is 274 g/mol. The van der Waals surface area contributed by atoms with Crippen molar-refractivity contribution in [1.82, 2.24) is 4.90 Å². The molecule has 0 rings (SSSR count). The highest BCUT2D eigenvalue weighted by atomic mass is 16.3. The summed E-state index contributed by atoms with van der Waals surface area (Å²) in [4.78, 5) is 36.1. The van der Waals surface area contributed by atoms with Gasteiger partial charge in [-0.3, -0.25) is 14.4 Å². The number of aliphatic hydroxyl groups is 2. The number of carbonyl (C=O) groups excluding carboxylic acids is 3. The maximum absolute atomic E-state index is 11.8. The standard InChI is InChI=1S/C15H21NO5/c1-6-13(19)16(7-11(17)14(20)9(2)3)8-12(18)15(21)10(4)5/h6,14-15,20-21H,1-2,4,7-8H2,3,5H3. The van der Waals surface area contributed by atoms with Crippen molar-refractivity contribution in [3.63, 3.8) is 0 Å². The largest absolute Gasteiger partial charge is 0.381 e.